The highest BCUT2D eigenvalue weighted by Crippen LogP contribution is 2.22. The van der Waals surface area contributed by atoms with Gasteiger partial charge in [0.05, 0.1) is 11.5 Å². The van der Waals surface area contributed by atoms with Gasteiger partial charge in [0.2, 0.25) is 10.0 Å². The Morgan fingerprint density at radius 2 is 2.10 bits per heavy atom. The van der Waals surface area contributed by atoms with Crippen LogP contribution in [0, 0.1) is 5.82 Å². The highest BCUT2D eigenvalue weighted by Gasteiger charge is 2.32. The molecule has 1 heterocycles. The van der Waals surface area contributed by atoms with E-state index in [0.717, 1.165) is 12.5 Å². The molecule has 0 bridgehead atoms. The lowest BCUT2D eigenvalue weighted by Crippen LogP contribution is -2.52. The zero-order valence-corrected chi connectivity index (χ0v) is 13.1. The van der Waals surface area contributed by atoms with Gasteiger partial charge in [0.1, 0.15) is 5.82 Å². The Morgan fingerprint density at radius 3 is 2.71 bits per heavy atom. The van der Waals surface area contributed by atoms with E-state index >= 15 is 0 Å². The molecule has 0 saturated carbocycles. The lowest BCUT2D eigenvalue weighted by molar-refractivity contribution is 0.144. The summed E-state index contributed by atoms with van der Waals surface area (Å²) >= 11 is 0. The van der Waals surface area contributed by atoms with Crippen LogP contribution in [0.25, 0.3) is 0 Å². The number of piperazine rings is 1. The molecule has 1 aromatic rings. The second-order valence-corrected chi connectivity index (χ2v) is 7.25. The molecule has 0 radical (unpaired) electrons. The minimum atomic E-state index is -3.65. The van der Waals surface area contributed by atoms with Crippen molar-refractivity contribution >= 4 is 10.0 Å². The zero-order chi connectivity index (χ0) is 15.6. The molecule has 1 atom stereocenters. The lowest BCUT2D eigenvalue weighted by Gasteiger charge is -2.38. The van der Waals surface area contributed by atoms with E-state index in [-0.39, 0.29) is 16.5 Å². The van der Waals surface area contributed by atoms with Gasteiger partial charge in [-0.3, -0.25) is 0 Å². The van der Waals surface area contributed by atoms with Gasteiger partial charge in [0, 0.05) is 31.2 Å². The van der Waals surface area contributed by atoms with Crippen LogP contribution in [0.5, 0.6) is 0 Å². The number of aliphatic hydroxyl groups excluding tert-OH is 1. The number of likely N-dealkylation sites (N-methyl/N-ethyl adjacent to an activating group) is 1. The van der Waals surface area contributed by atoms with Crippen molar-refractivity contribution in [2.75, 3.05) is 26.7 Å². The summed E-state index contributed by atoms with van der Waals surface area (Å²) in [6, 6.07) is 3.74. The Balaban J connectivity index is 2.30. The quantitative estimate of drug-likeness (QED) is 0.901. The van der Waals surface area contributed by atoms with E-state index in [1.54, 1.807) is 0 Å². The maximum Gasteiger partial charge on any atom is 0.243 e. The standard InChI is InChI=1S/C14H21FN2O3S/c1-3-12-9-17(7-6-16(12)2)21(19,20)13-4-5-14(15)11(8-13)10-18/h4-5,8,12,18H,3,6-7,9-10H2,1-2H3. The Bertz CT molecular complexity index is 606. The van der Waals surface area contributed by atoms with Crippen molar-refractivity contribution in [3.8, 4) is 0 Å². The highest BCUT2D eigenvalue weighted by atomic mass is 32.2. The third-order valence-electron chi connectivity index (χ3n) is 4.04. The number of rotatable bonds is 4. The van der Waals surface area contributed by atoms with E-state index in [4.69, 9.17) is 5.11 Å². The molecule has 7 heteroatoms. The molecule has 21 heavy (non-hydrogen) atoms. The highest BCUT2D eigenvalue weighted by molar-refractivity contribution is 7.89. The van der Waals surface area contributed by atoms with Crippen molar-refractivity contribution in [3.05, 3.63) is 29.6 Å². The lowest BCUT2D eigenvalue weighted by atomic mass is 10.1. The van der Waals surface area contributed by atoms with Gasteiger partial charge in [0.15, 0.2) is 0 Å². The van der Waals surface area contributed by atoms with Gasteiger partial charge in [0.25, 0.3) is 0 Å². The molecule has 1 aliphatic heterocycles. The molecule has 0 spiro atoms. The fraction of sp³-hybridized carbons (Fsp3) is 0.571. The molecule has 1 unspecified atom stereocenters. The zero-order valence-electron chi connectivity index (χ0n) is 12.3. The minimum Gasteiger partial charge on any atom is -0.392 e. The average molecular weight is 316 g/mol. The Labute approximate surface area is 125 Å². The predicted molar refractivity (Wildman–Crippen MR) is 77.8 cm³/mol. The molecule has 2 rings (SSSR count). The van der Waals surface area contributed by atoms with E-state index < -0.39 is 22.4 Å². The number of aliphatic hydroxyl groups is 1. The predicted octanol–water partition coefficient (Wildman–Crippen LogP) is 1.03. The van der Waals surface area contributed by atoms with E-state index in [9.17, 15) is 12.8 Å². The molecule has 1 saturated heterocycles. The molecule has 1 fully saturated rings. The molecule has 1 aliphatic rings. The van der Waals surface area contributed by atoms with Gasteiger partial charge < -0.3 is 10.0 Å². The van der Waals surface area contributed by atoms with Crippen molar-refractivity contribution in [1.82, 2.24) is 9.21 Å². The molecular weight excluding hydrogens is 295 g/mol. The van der Waals surface area contributed by atoms with Crippen molar-refractivity contribution in [2.24, 2.45) is 0 Å². The Morgan fingerprint density at radius 1 is 1.38 bits per heavy atom. The van der Waals surface area contributed by atoms with Gasteiger partial charge >= 0.3 is 0 Å². The first-order chi connectivity index (χ1) is 9.90. The third kappa shape index (κ3) is 3.26. The van der Waals surface area contributed by atoms with E-state index in [1.165, 1.54) is 16.4 Å². The molecule has 0 amide bonds. The van der Waals surface area contributed by atoms with Gasteiger partial charge in [-0.05, 0) is 31.7 Å². The van der Waals surface area contributed by atoms with Crippen LogP contribution < -0.4 is 0 Å². The van der Waals surface area contributed by atoms with Crippen molar-refractivity contribution in [3.63, 3.8) is 0 Å². The first-order valence-electron chi connectivity index (χ1n) is 6.99. The summed E-state index contributed by atoms with van der Waals surface area (Å²) in [7, 11) is -1.66. The number of sulfonamides is 1. The topological polar surface area (TPSA) is 60.9 Å². The molecule has 5 nitrogen and oxygen atoms in total. The SMILES string of the molecule is CCC1CN(S(=O)(=O)c2ccc(F)c(CO)c2)CCN1C. The number of halogens is 1. The van der Waals surface area contributed by atoms with Gasteiger partial charge in [-0.1, -0.05) is 6.92 Å². The normalized spacial score (nSPS) is 21.6. The summed E-state index contributed by atoms with van der Waals surface area (Å²) in [5.74, 6) is -0.596. The fourth-order valence-electron chi connectivity index (χ4n) is 2.56. The van der Waals surface area contributed by atoms with Crippen LogP contribution in [0.3, 0.4) is 0 Å². The van der Waals surface area contributed by atoms with Crippen LogP contribution in [-0.4, -0.2) is 55.5 Å². The summed E-state index contributed by atoms with van der Waals surface area (Å²) in [5.41, 5.74) is -0.00255. The Hall–Kier alpha value is -1.02. The van der Waals surface area contributed by atoms with Gasteiger partial charge in [-0.2, -0.15) is 4.31 Å². The van der Waals surface area contributed by atoms with Crippen molar-refractivity contribution in [2.45, 2.75) is 30.9 Å². The third-order valence-corrected chi connectivity index (χ3v) is 5.90. The molecule has 0 aromatic heterocycles. The van der Waals surface area contributed by atoms with Crippen LogP contribution in [0.4, 0.5) is 4.39 Å². The monoisotopic (exact) mass is 316 g/mol. The van der Waals surface area contributed by atoms with Crippen molar-refractivity contribution < 1.29 is 17.9 Å². The molecule has 1 aromatic carbocycles. The van der Waals surface area contributed by atoms with Crippen LogP contribution >= 0.6 is 0 Å². The van der Waals surface area contributed by atoms with E-state index in [0.29, 0.717) is 19.6 Å². The number of nitrogens with zero attached hydrogens (tertiary/aromatic N) is 2. The first kappa shape index (κ1) is 16.4. The second kappa shape index (κ2) is 6.39. The van der Waals surface area contributed by atoms with Gasteiger partial charge in [-0.15, -0.1) is 0 Å². The summed E-state index contributed by atoms with van der Waals surface area (Å²) in [5, 5.41) is 9.08. The second-order valence-electron chi connectivity index (χ2n) is 5.32. The van der Waals surface area contributed by atoms with E-state index in [2.05, 4.69) is 4.90 Å². The largest absolute Gasteiger partial charge is 0.392 e. The molecular formula is C14H21FN2O3S. The Kier molecular flexibility index (Phi) is 4.98. The maximum absolute atomic E-state index is 13.4. The fourth-order valence-corrected chi connectivity index (χ4v) is 4.08. The number of benzene rings is 1. The molecule has 118 valence electrons. The molecule has 1 N–H and O–H groups in total. The van der Waals surface area contributed by atoms with Crippen molar-refractivity contribution in [1.29, 1.82) is 0 Å². The summed E-state index contributed by atoms with van der Waals surface area (Å²) in [4.78, 5) is 2.18. The molecule has 0 aliphatic carbocycles. The number of hydrogen-bond acceptors (Lipinski definition) is 4. The summed E-state index contributed by atoms with van der Waals surface area (Å²) in [6.07, 6.45) is 0.869. The summed E-state index contributed by atoms with van der Waals surface area (Å²) in [6.45, 7) is 3.03. The minimum absolute atomic E-state index is 0.00255. The van der Waals surface area contributed by atoms with E-state index in [1.807, 2.05) is 14.0 Å². The van der Waals surface area contributed by atoms with Crippen LogP contribution in [0.1, 0.15) is 18.9 Å². The smallest absolute Gasteiger partial charge is 0.243 e. The first-order valence-corrected chi connectivity index (χ1v) is 8.43. The average Bonchev–Trinajstić information content (AvgIpc) is 2.47. The van der Waals surface area contributed by atoms with Crippen LogP contribution in [-0.2, 0) is 16.6 Å². The summed E-state index contributed by atoms with van der Waals surface area (Å²) < 4.78 is 40.1. The maximum atomic E-state index is 13.4. The van der Waals surface area contributed by atoms with Crippen LogP contribution in [0.15, 0.2) is 23.1 Å². The number of hydrogen-bond donors (Lipinski definition) is 1. The van der Waals surface area contributed by atoms with Gasteiger partial charge in [-0.25, -0.2) is 12.8 Å². The van der Waals surface area contributed by atoms with Crippen LogP contribution in [0.2, 0.25) is 0 Å².